The van der Waals surface area contributed by atoms with Crippen molar-refractivity contribution in [3.05, 3.63) is 28.2 Å². The van der Waals surface area contributed by atoms with Crippen LogP contribution >= 0.6 is 0 Å². The third-order valence-electron chi connectivity index (χ3n) is 2.40. The van der Waals surface area contributed by atoms with Gasteiger partial charge in [0.15, 0.2) is 0 Å². The molecule has 6 heteroatoms. The topological polar surface area (TPSA) is 86.3 Å². The monoisotopic (exact) mass is 209 g/mol. The van der Waals surface area contributed by atoms with Gasteiger partial charge in [-0.1, -0.05) is 0 Å². The minimum absolute atomic E-state index is 0.100. The van der Waals surface area contributed by atoms with E-state index in [2.05, 4.69) is 10.2 Å². The van der Waals surface area contributed by atoms with Crippen LogP contribution in [0.1, 0.15) is 10.5 Å². The maximum atomic E-state index is 11.7. The fourth-order valence-corrected chi connectivity index (χ4v) is 1.48. The lowest BCUT2D eigenvalue weighted by Crippen LogP contribution is -2.51. The summed E-state index contributed by atoms with van der Waals surface area (Å²) >= 11 is 0. The van der Waals surface area contributed by atoms with Crippen molar-refractivity contribution < 1.29 is 9.90 Å². The molecule has 2 rings (SSSR count). The lowest BCUT2D eigenvalue weighted by atomic mass is 10.0. The molecule has 15 heavy (non-hydrogen) atoms. The number of hydrogen-bond acceptors (Lipinski definition) is 4. The van der Waals surface area contributed by atoms with Gasteiger partial charge in [-0.15, -0.1) is 0 Å². The summed E-state index contributed by atoms with van der Waals surface area (Å²) in [5.74, 6) is -0.0346. The van der Waals surface area contributed by atoms with E-state index in [4.69, 9.17) is 5.11 Å². The number of amides is 1. The number of aliphatic hydroxyl groups is 1. The molecule has 0 unspecified atom stereocenters. The summed E-state index contributed by atoms with van der Waals surface area (Å²) in [5, 5.41) is 14.6. The normalized spacial score (nSPS) is 16.2. The molecule has 1 amide bonds. The van der Waals surface area contributed by atoms with Crippen molar-refractivity contribution in [1.29, 1.82) is 0 Å². The van der Waals surface area contributed by atoms with Gasteiger partial charge in [-0.25, -0.2) is 5.10 Å². The average molecular weight is 209 g/mol. The van der Waals surface area contributed by atoms with Crippen molar-refractivity contribution >= 4 is 5.91 Å². The Balaban J connectivity index is 2.03. The first-order valence-corrected chi connectivity index (χ1v) is 4.66. The van der Waals surface area contributed by atoms with Gasteiger partial charge in [0, 0.05) is 31.7 Å². The molecule has 0 spiro atoms. The molecule has 1 saturated heterocycles. The fraction of sp³-hybridized carbons (Fsp3) is 0.444. The maximum absolute atomic E-state index is 11.7. The Labute approximate surface area is 85.5 Å². The molecule has 2 N–H and O–H groups in total. The lowest BCUT2D eigenvalue weighted by molar-refractivity contribution is 0.0355. The molecule has 0 aromatic carbocycles. The van der Waals surface area contributed by atoms with E-state index >= 15 is 0 Å². The Bertz CT molecular complexity index is 402. The van der Waals surface area contributed by atoms with Gasteiger partial charge in [0.1, 0.15) is 5.69 Å². The Hall–Kier alpha value is -1.69. The summed E-state index contributed by atoms with van der Waals surface area (Å²) in [5.41, 5.74) is -0.102. The molecular weight excluding hydrogens is 198 g/mol. The van der Waals surface area contributed by atoms with Crippen molar-refractivity contribution in [3.63, 3.8) is 0 Å². The number of hydrogen-bond donors (Lipinski definition) is 2. The van der Waals surface area contributed by atoms with Gasteiger partial charge in [0.25, 0.3) is 11.5 Å². The number of carbonyl (C=O) groups is 1. The van der Waals surface area contributed by atoms with Crippen LogP contribution in [0.25, 0.3) is 0 Å². The summed E-state index contributed by atoms with van der Waals surface area (Å²) in [6.07, 6.45) is 0. The molecule has 1 aromatic rings. The average Bonchev–Trinajstić information content (AvgIpc) is 2.17. The molecule has 1 aliphatic rings. The zero-order valence-corrected chi connectivity index (χ0v) is 8.01. The van der Waals surface area contributed by atoms with E-state index in [-0.39, 0.29) is 29.7 Å². The second kappa shape index (κ2) is 3.82. The van der Waals surface area contributed by atoms with Crippen LogP contribution in [0.3, 0.4) is 0 Å². The fourth-order valence-electron chi connectivity index (χ4n) is 1.48. The second-order valence-electron chi connectivity index (χ2n) is 3.57. The number of rotatable bonds is 2. The van der Waals surface area contributed by atoms with E-state index in [0.717, 1.165) is 0 Å². The molecule has 2 heterocycles. The van der Waals surface area contributed by atoms with Gasteiger partial charge in [-0.3, -0.25) is 9.59 Å². The molecule has 0 bridgehead atoms. The zero-order chi connectivity index (χ0) is 10.8. The highest BCUT2D eigenvalue weighted by Crippen LogP contribution is 2.16. The van der Waals surface area contributed by atoms with Crippen LogP contribution in [-0.4, -0.2) is 45.8 Å². The van der Waals surface area contributed by atoms with Crippen molar-refractivity contribution in [2.45, 2.75) is 0 Å². The van der Waals surface area contributed by atoms with E-state index in [1.54, 1.807) is 4.90 Å². The summed E-state index contributed by atoms with van der Waals surface area (Å²) in [7, 11) is 0. The Morgan fingerprint density at radius 2 is 2.33 bits per heavy atom. The van der Waals surface area contributed by atoms with E-state index in [9.17, 15) is 9.59 Å². The van der Waals surface area contributed by atoms with Gasteiger partial charge in [-0.05, 0) is 6.07 Å². The predicted molar refractivity (Wildman–Crippen MR) is 51.3 cm³/mol. The number of nitrogens with zero attached hydrogens (tertiary/aromatic N) is 2. The highest BCUT2D eigenvalue weighted by Gasteiger charge is 2.31. The highest BCUT2D eigenvalue weighted by atomic mass is 16.3. The van der Waals surface area contributed by atoms with Gasteiger partial charge in [0.05, 0.1) is 0 Å². The van der Waals surface area contributed by atoms with Crippen LogP contribution in [0.15, 0.2) is 16.9 Å². The number of aromatic nitrogens is 2. The minimum atomic E-state index is -0.330. The molecular formula is C9H11N3O3. The van der Waals surface area contributed by atoms with Crippen molar-refractivity contribution in [2.75, 3.05) is 19.7 Å². The number of nitrogens with one attached hydrogen (secondary N) is 1. The van der Waals surface area contributed by atoms with Gasteiger partial charge in [-0.2, -0.15) is 5.10 Å². The lowest BCUT2D eigenvalue weighted by Gasteiger charge is -2.37. The largest absolute Gasteiger partial charge is 0.396 e. The van der Waals surface area contributed by atoms with Crippen molar-refractivity contribution in [1.82, 2.24) is 15.1 Å². The molecule has 0 saturated carbocycles. The first-order valence-electron chi connectivity index (χ1n) is 4.66. The number of aromatic amines is 1. The van der Waals surface area contributed by atoms with Crippen LogP contribution in [0.2, 0.25) is 0 Å². The predicted octanol–water partition coefficient (Wildman–Crippen LogP) is -1.17. The van der Waals surface area contributed by atoms with Crippen LogP contribution in [0, 0.1) is 5.92 Å². The number of aliphatic hydroxyl groups excluding tert-OH is 1. The summed E-state index contributed by atoms with van der Waals surface area (Å²) in [6.45, 7) is 1.20. The molecule has 1 aliphatic heterocycles. The Morgan fingerprint density at radius 1 is 1.60 bits per heavy atom. The molecule has 0 atom stereocenters. The number of carbonyl (C=O) groups excluding carboxylic acids is 1. The molecule has 6 nitrogen and oxygen atoms in total. The molecule has 0 radical (unpaired) electrons. The van der Waals surface area contributed by atoms with Gasteiger partial charge >= 0.3 is 0 Å². The highest BCUT2D eigenvalue weighted by molar-refractivity contribution is 5.92. The second-order valence-corrected chi connectivity index (χ2v) is 3.57. The smallest absolute Gasteiger partial charge is 0.274 e. The van der Waals surface area contributed by atoms with Gasteiger partial charge in [0.2, 0.25) is 0 Å². The standard InChI is InChI=1S/C9H11N3O3/c13-5-6-3-12(4-6)9(15)7-1-2-8(14)11-10-7/h1-2,6,13H,3-5H2,(H,11,14). The molecule has 1 aromatic heterocycles. The van der Waals surface area contributed by atoms with E-state index in [1.165, 1.54) is 12.1 Å². The first kappa shape index (κ1) is 9.85. The van der Waals surface area contributed by atoms with Gasteiger partial charge < -0.3 is 10.0 Å². The molecule has 80 valence electrons. The van der Waals surface area contributed by atoms with Crippen LogP contribution in [0.5, 0.6) is 0 Å². The quantitative estimate of drug-likeness (QED) is 0.643. The van der Waals surface area contributed by atoms with Crippen molar-refractivity contribution in [3.8, 4) is 0 Å². The van der Waals surface area contributed by atoms with E-state index < -0.39 is 0 Å². The van der Waals surface area contributed by atoms with E-state index in [1.807, 2.05) is 0 Å². The van der Waals surface area contributed by atoms with Crippen LogP contribution in [-0.2, 0) is 0 Å². The van der Waals surface area contributed by atoms with Crippen LogP contribution < -0.4 is 5.56 Å². The number of H-pyrrole nitrogens is 1. The summed E-state index contributed by atoms with van der Waals surface area (Å²) in [4.78, 5) is 24.0. The summed E-state index contributed by atoms with van der Waals surface area (Å²) in [6, 6.07) is 2.66. The van der Waals surface area contributed by atoms with E-state index in [0.29, 0.717) is 13.1 Å². The SMILES string of the molecule is O=C(c1ccc(=O)[nH]n1)N1CC(CO)C1. The Morgan fingerprint density at radius 3 is 2.87 bits per heavy atom. The third kappa shape index (κ3) is 1.89. The third-order valence-corrected chi connectivity index (χ3v) is 2.40. The molecule has 1 fully saturated rings. The first-order chi connectivity index (χ1) is 7.20. The molecule has 0 aliphatic carbocycles. The minimum Gasteiger partial charge on any atom is -0.396 e. The Kier molecular flexibility index (Phi) is 2.51. The maximum Gasteiger partial charge on any atom is 0.274 e. The van der Waals surface area contributed by atoms with Crippen LogP contribution in [0.4, 0.5) is 0 Å². The van der Waals surface area contributed by atoms with Crippen molar-refractivity contribution in [2.24, 2.45) is 5.92 Å². The number of likely N-dealkylation sites (tertiary alicyclic amines) is 1. The summed E-state index contributed by atoms with van der Waals surface area (Å²) < 4.78 is 0. The zero-order valence-electron chi connectivity index (χ0n) is 8.01.